The monoisotopic (exact) mass is 196 g/mol. The number of halogens is 3. The van der Waals surface area contributed by atoms with Crippen molar-refractivity contribution in [2.75, 3.05) is 0 Å². The first kappa shape index (κ1) is 10.1. The third-order valence-electron chi connectivity index (χ3n) is 1.59. The molecule has 0 amide bonds. The zero-order valence-corrected chi connectivity index (χ0v) is 6.76. The van der Waals surface area contributed by atoms with Gasteiger partial charge >= 0.3 is 6.18 Å². The molecule has 0 unspecified atom stereocenters. The Morgan fingerprint density at radius 2 is 1.57 bits per heavy atom. The molecule has 0 radical (unpaired) electrons. The summed E-state index contributed by atoms with van der Waals surface area (Å²) in [6.07, 6.45) is -4.49. The summed E-state index contributed by atoms with van der Waals surface area (Å²) in [6, 6.07) is 5.60. The van der Waals surface area contributed by atoms with E-state index in [4.69, 9.17) is 10.5 Å². The maximum absolute atomic E-state index is 12.1. The number of hydrogen-bond donors (Lipinski definition) is 0. The van der Waals surface area contributed by atoms with Crippen LogP contribution in [0.4, 0.5) is 13.2 Å². The minimum atomic E-state index is -4.49. The van der Waals surface area contributed by atoms with Gasteiger partial charge in [-0.25, -0.2) is 0 Å². The zero-order chi connectivity index (χ0) is 10.8. The first-order valence-corrected chi connectivity index (χ1v) is 3.50. The van der Waals surface area contributed by atoms with Gasteiger partial charge in [-0.05, 0) is 18.2 Å². The fourth-order valence-corrected chi connectivity index (χ4v) is 0.911. The molecule has 5 heteroatoms. The lowest BCUT2D eigenvalue weighted by atomic mass is 10.1. The Balaban J connectivity index is 3.32. The van der Waals surface area contributed by atoms with E-state index in [0.29, 0.717) is 6.07 Å². The van der Waals surface area contributed by atoms with Crippen LogP contribution in [0.25, 0.3) is 0 Å². The van der Waals surface area contributed by atoms with Crippen molar-refractivity contribution < 1.29 is 13.2 Å². The molecule has 0 saturated heterocycles. The SMILES string of the molecule is N#Cc1ccc(C(F)(F)F)cc1C#N. The molecule has 0 heterocycles. The molecule has 14 heavy (non-hydrogen) atoms. The van der Waals surface area contributed by atoms with Crippen molar-refractivity contribution >= 4 is 0 Å². The van der Waals surface area contributed by atoms with E-state index in [1.165, 1.54) is 6.07 Å². The lowest BCUT2D eigenvalue weighted by molar-refractivity contribution is -0.137. The summed E-state index contributed by atoms with van der Waals surface area (Å²) < 4.78 is 36.4. The molecule has 1 aromatic carbocycles. The Labute approximate surface area is 77.8 Å². The first-order valence-electron chi connectivity index (χ1n) is 3.50. The van der Waals surface area contributed by atoms with Gasteiger partial charge in [0.05, 0.1) is 16.7 Å². The van der Waals surface area contributed by atoms with Crippen molar-refractivity contribution in [2.24, 2.45) is 0 Å². The summed E-state index contributed by atoms with van der Waals surface area (Å²) in [5.41, 5.74) is -1.24. The van der Waals surface area contributed by atoms with Crippen LogP contribution in [-0.2, 0) is 6.18 Å². The Bertz CT molecular complexity index is 435. The van der Waals surface area contributed by atoms with Crippen molar-refractivity contribution in [2.45, 2.75) is 6.18 Å². The molecule has 1 rings (SSSR count). The minimum Gasteiger partial charge on any atom is -0.192 e. The minimum absolute atomic E-state index is 0.0551. The van der Waals surface area contributed by atoms with Crippen LogP contribution in [-0.4, -0.2) is 0 Å². The van der Waals surface area contributed by atoms with Gasteiger partial charge < -0.3 is 0 Å². The highest BCUT2D eigenvalue weighted by Crippen LogP contribution is 2.30. The molecule has 0 aliphatic rings. The Kier molecular flexibility index (Phi) is 2.44. The third kappa shape index (κ3) is 1.83. The molecule has 1 aromatic rings. The van der Waals surface area contributed by atoms with Crippen LogP contribution >= 0.6 is 0 Å². The summed E-state index contributed by atoms with van der Waals surface area (Å²) >= 11 is 0. The summed E-state index contributed by atoms with van der Waals surface area (Å²) in [7, 11) is 0. The highest BCUT2D eigenvalue weighted by molar-refractivity contribution is 5.47. The lowest BCUT2D eigenvalue weighted by Crippen LogP contribution is -2.05. The molecule has 0 fully saturated rings. The van der Waals surface area contributed by atoms with Gasteiger partial charge in [-0.2, -0.15) is 23.7 Å². The van der Waals surface area contributed by atoms with Gasteiger partial charge in [-0.3, -0.25) is 0 Å². The molecule has 0 aliphatic carbocycles. The molecular formula is C9H3F3N2. The fourth-order valence-electron chi connectivity index (χ4n) is 0.911. The van der Waals surface area contributed by atoms with Gasteiger partial charge in [0, 0.05) is 0 Å². The summed E-state index contributed by atoms with van der Waals surface area (Å²) in [6.45, 7) is 0. The second-order valence-electron chi connectivity index (χ2n) is 2.48. The number of rotatable bonds is 0. The third-order valence-corrected chi connectivity index (χ3v) is 1.59. The van der Waals surface area contributed by atoms with Crippen LogP contribution in [0, 0.1) is 22.7 Å². The topological polar surface area (TPSA) is 47.6 Å². The highest BCUT2D eigenvalue weighted by Gasteiger charge is 2.30. The molecule has 0 atom stereocenters. The zero-order valence-electron chi connectivity index (χ0n) is 6.76. The quantitative estimate of drug-likeness (QED) is 0.639. The Morgan fingerprint density at radius 1 is 1.00 bits per heavy atom. The van der Waals surface area contributed by atoms with Crippen molar-refractivity contribution in [1.29, 1.82) is 10.5 Å². The second kappa shape index (κ2) is 3.39. The van der Waals surface area contributed by atoms with E-state index in [9.17, 15) is 13.2 Å². The Morgan fingerprint density at radius 3 is 2.00 bits per heavy atom. The maximum Gasteiger partial charge on any atom is 0.416 e. The molecule has 0 aliphatic heterocycles. The van der Waals surface area contributed by atoms with Crippen LogP contribution in [0.1, 0.15) is 16.7 Å². The first-order chi connectivity index (χ1) is 6.49. The van der Waals surface area contributed by atoms with Crippen LogP contribution in [0.3, 0.4) is 0 Å². The Hall–Kier alpha value is -2.01. The van der Waals surface area contributed by atoms with Gasteiger partial charge in [0.1, 0.15) is 12.1 Å². The van der Waals surface area contributed by atoms with Gasteiger partial charge in [0.15, 0.2) is 0 Å². The molecule has 70 valence electrons. The van der Waals surface area contributed by atoms with Crippen LogP contribution in [0.2, 0.25) is 0 Å². The predicted molar refractivity (Wildman–Crippen MR) is 40.9 cm³/mol. The van der Waals surface area contributed by atoms with E-state index in [2.05, 4.69) is 0 Å². The molecule has 0 bridgehead atoms. The molecule has 0 spiro atoms. The molecular weight excluding hydrogens is 193 g/mol. The largest absolute Gasteiger partial charge is 0.416 e. The summed E-state index contributed by atoms with van der Waals surface area (Å²) in [5.74, 6) is 0. The van der Waals surface area contributed by atoms with E-state index < -0.39 is 11.7 Å². The normalized spacial score (nSPS) is 10.4. The number of benzene rings is 1. The van der Waals surface area contributed by atoms with Crippen LogP contribution in [0.15, 0.2) is 18.2 Å². The van der Waals surface area contributed by atoms with Crippen LogP contribution < -0.4 is 0 Å². The van der Waals surface area contributed by atoms with E-state index >= 15 is 0 Å². The van der Waals surface area contributed by atoms with Crippen LogP contribution in [0.5, 0.6) is 0 Å². The average Bonchev–Trinajstić information content (AvgIpc) is 2.15. The summed E-state index contributed by atoms with van der Waals surface area (Å²) in [4.78, 5) is 0. The van der Waals surface area contributed by atoms with E-state index in [1.807, 2.05) is 0 Å². The van der Waals surface area contributed by atoms with E-state index in [1.54, 1.807) is 6.07 Å². The number of hydrogen-bond acceptors (Lipinski definition) is 2. The van der Waals surface area contributed by atoms with Crippen molar-refractivity contribution in [3.8, 4) is 12.1 Å². The average molecular weight is 196 g/mol. The van der Waals surface area contributed by atoms with Gasteiger partial charge in [0.2, 0.25) is 0 Å². The van der Waals surface area contributed by atoms with E-state index in [0.717, 1.165) is 12.1 Å². The molecule has 0 saturated carbocycles. The number of nitrogens with zero attached hydrogens (tertiary/aromatic N) is 2. The smallest absolute Gasteiger partial charge is 0.192 e. The fraction of sp³-hybridized carbons (Fsp3) is 0.111. The molecule has 0 aromatic heterocycles. The maximum atomic E-state index is 12.1. The number of nitriles is 2. The van der Waals surface area contributed by atoms with Crippen molar-refractivity contribution in [3.05, 3.63) is 34.9 Å². The standard InChI is InChI=1S/C9H3F3N2/c10-9(11,12)8-2-1-6(4-13)7(3-8)5-14/h1-3H. The summed E-state index contributed by atoms with van der Waals surface area (Å²) in [5, 5.41) is 16.9. The second-order valence-corrected chi connectivity index (χ2v) is 2.48. The highest BCUT2D eigenvalue weighted by atomic mass is 19.4. The van der Waals surface area contributed by atoms with Crippen molar-refractivity contribution in [3.63, 3.8) is 0 Å². The van der Waals surface area contributed by atoms with Gasteiger partial charge in [-0.15, -0.1) is 0 Å². The van der Waals surface area contributed by atoms with E-state index in [-0.39, 0.29) is 11.1 Å². The lowest BCUT2D eigenvalue weighted by Gasteiger charge is -2.06. The van der Waals surface area contributed by atoms with Crippen molar-refractivity contribution in [1.82, 2.24) is 0 Å². The molecule has 2 nitrogen and oxygen atoms in total. The molecule has 0 N–H and O–H groups in total. The van der Waals surface area contributed by atoms with Gasteiger partial charge in [-0.1, -0.05) is 0 Å². The number of alkyl halides is 3. The van der Waals surface area contributed by atoms with Gasteiger partial charge in [0.25, 0.3) is 0 Å². The predicted octanol–water partition coefficient (Wildman–Crippen LogP) is 2.45.